The van der Waals surface area contributed by atoms with Crippen LogP contribution in [0.25, 0.3) is 0 Å². The van der Waals surface area contributed by atoms with E-state index in [2.05, 4.69) is 30.3 Å². The molecule has 0 aromatic carbocycles. The summed E-state index contributed by atoms with van der Waals surface area (Å²) < 4.78 is 2.27. The molecule has 0 fully saturated rings. The van der Waals surface area contributed by atoms with Crippen LogP contribution in [0.4, 0.5) is 0 Å². The number of nitrogens with zero attached hydrogens (tertiary/aromatic N) is 2. The van der Waals surface area contributed by atoms with Crippen LogP contribution < -0.4 is 0 Å². The molecule has 0 aliphatic carbocycles. The van der Waals surface area contributed by atoms with Gasteiger partial charge >= 0.3 is 0 Å². The van der Waals surface area contributed by atoms with Crippen molar-refractivity contribution in [3.05, 3.63) is 17.7 Å². The average molecular weight is 152 g/mol. The Kier molecular flexibility index (Phi) is 2.69. The lowest BCUT2D eigenvalue weighted by molar-refractivity contribution is 0.668. The second-order valence-electron chi connectivity index (χ2n) is 2.81. The molecule has 0 spiro atoms. The highest BCUT2D eigenvalue weighted by atomic mass is 15.1. The van der Waals surface area contributed by atoms with Crippen molar-refractivity contribution in [2.45, 2.75) is 40.2 Å². The van der Waals surface area contributed by atoms with Crippen LogP contribution in [0.15, 0.2) is 6.20 Å². The van der Waals surface area contributed by atoms with Gasteiger partial charge < -0.3 is 4.57 Å². The second kappa shape index (κ2) is 3.56. The Morgan fingerprint density at radius 1 is 1.45 bits per heavy atom. The molecule has 0 amide bonds. The van der Waals surface area contributed by atoms with Crippen molar-refractivity contribution in [3.63, 3.8) is 0 Å². The summed E-state index contributed by atoms with van der Waals surface area (Å²) in [5.41, 5.74) is 1.27. The lowest BCUT2D eigenvalue weighted by Crippen LogP contribution is -2.02. The summed E-state index contributed by atoms with van der Waals surface area (Å²) in [5.74, 6) is 1.23. The molecule has 0 bridgehead atoms. The molecule has 2 heteroatoms. The van der Waals surface area contributed by atoms with E-state index in [-0.39, 0.29) is 0 Å². The first-order valence-corrected chi connectivity index (χ1v) is 4.30. The zero-order valence-corrected chi connectivity index (χ0v) is 7.59. The number of hydrogen-bond donors (Lipinski definition) is 0. The van der Waals surface area contributed by atoms with E-state index in [1.54, 1.807) is 0 Å². The van der Waals surface area contributed by atoms with Gasteiger partial charge in [-0.05, 0) is 20.3 Å². The molecule has 11 heavy (non-hydrogen) atoms. The predicted molar refractivity (Wildman–Crippen MR) is 46.6 cm³/mol. The molecular weight excluding hydrogens is 136 g/mol. The first-order chi connectivity index (χ1) is 5.29. The van der Waals surface area contributed by atoms with Crippen molar-refractivity contribution in [1.29, 1.82) is 0 Å². The number of imidazole rings is 1. The third kappa shape index (κ3) is 1.62. The Balaban J connectivity index is 2.86. The summed E-state index contributed by atoms with van der Waals surface area (Å²) in [5, 5.41) is 0. The lowest BCUT2D eigenvalue weighted by Gasteiger charge is -2.04. The predicted octanol–water partition coefficient (Wildman–Crippen LogP) is 2.16. The minimum atomic E-state index is 1.04. The third-order valence-corrected chi connectivity index (χ3v) is 1.93. The summed E-state index contributed by atoms with van der Waals surface area (Å²) in [6.07, 6.45) is 4.23. The first kappa shape index (κ1) is 8.31. The third-order valence-electron chi connectivity index (χ3n) is 1.93. The molecule has 1 heterocycles. The minimum Gasteiger partial charge on any atom is -0.333 e. The van der Waals surface area contributed by atoms with Gasteiger partial charge in [0, 0.05) is 24.9 Å². The fourth-order valence-corrected chi connectivity index (χ4v) is 1.37. The molecule has 0 aliphatic heterocycles. The molecule has 0 unspecified atom stereocenters. The Labute approximate surface area is 68.3 Å². The van der Waals surface area contributed by atoms with E-state index in [0.29, 0.717) is 0 Å². The van der Waals surface area contributed by atoms with Crippen LogP contribution in [0.1, 0.15) is 31.8 Å². The molecule has 0 saturated carbocycles. The fraction of sp³-hybridized carbons (Fsp3) is 0.667. The molecule has 0 radical (unpaired) electrons. The SMILES string of the molecule is CCCc1ncc(C)n1CC. The normalized spacial score (nSPS) is 10.5. The van der Waals surface area contributed by atoms with Crippen LogP contribution >= 0.6 is 0 Å². The van der Waals surface area contributed by atoms with Gasteiger partial charge in [0.25, 0.3) is 0 Å². The zero-order valence-electron chi connectivity index (χ0n) is 7.59. The van der Waals surface area contributed by atoms with E-state index in [9.17, 15) is 0 Å². The summed E-state index contributed by atoms with van der Waals surface area (Å²) in [6.45, 7) is 7.49. The largest absolute Gasteiger partial charge is 0.333 e. The second-order valence-corrected chi connectivity index (χ2v) is 2.81. The van der Waals surface area contributed by atoms with Crippen LogP contribution in [-0.2, 0) is 13.0 Å². The molecule has 1 aromatic heterocycles. The maximum Gasteiger partial charge on any atom is 0.108 e. The van der Waals surface area contributed by atoms with Gasteiger partial charge in [-0.25, -0.2) is 4.98 Å². The van der Waals surface area contributed by atoms with E-state index in [1.807, 2.05) is 6.20 Å². The van der Waals surface area contributed by atoms with Crippen LogP contribution in [0, 0.1) is 6.92 Å². The molecule has 0 atom stereocenters. The van der Waals surface area contributed by atoms with Crippen molar-refractivity contribution in [1.82, 2.24) is 9.55 Å². The van der Waals surface area contributed by atoms with Crippen molar-refractivity contribution >= 4 is 0 Å². The lowest BCUT2D eigenvalue weighted by atomic mass is 10.3. The Morgan fingerprint density at radius 2 is 2.18 bits per heavy atom. The van der Waals surface area contributed by atoms with E-state index in [0.717, 1.165) is 13.0 Å². The molecule has 0 saturated heterocycles. The summed E-state index contributed by atoms with van der Waals surface area (Å²) >= 11 is 0. The molecule has 0 aliphatic rings. The fourth-order valence-electron chi connectivity index (χ4n) is 1.37. The number of aromatic nitrogens is 2. The van der Waals surface area contributed by atoms with Crippen molar-refractivity contribution in [3.8, 4) is 0 Å². The topological polar surface area (TPSA) is 17.8 Å². The molecule has 1 aromatic rings. The number of hydrogen-bond acceptors (Lipinski definition) is 1. The van der Waals surface area contributed by atoms with Gasteiger partial charge in [-0.3, -0.25) is 0 Å². The maximum absolute atomic E-state index is 4.34. The highest BCUT2D eigenvalue weighted by Crippen LogP contribution is 2.05. The quantitative estimate of drug-likeness (QED) is 0.649. The summed E-state index contributed by atoms with van der Waals surface area (Å²) in [6, 6.07) is 0. The smallest absolute Gasteiger partial charge is 0.108 e. The Morgan fingerprint density at radius 3 is 2.73 bits per heavy atom. The van der Waals surface area contributed by atoms with Crippen molar-refractivity contribution in [2.24, 2.45) is 0 Å². The maximum atomic E-state index is 4.34. The first-order valence-electron chi connectivity index (χ1n) is 4.30. The van der Waals surface area contributed by atoms with Gasteiger partial charge in [0.15, 0.2) is 0 Å². The van der Waals surface area contributed by atoms with E-state index in [1.165, 1.54) is 17.9 Å². The van der Waals surface area contributed by atoms with Crippen LogP contribution in [0.2, 0.25) is 0 Å². The van der Waals surface area contributed by atoms with Crippen LogP contribution in [0.3, 0.4) is 0 Å². The van der Waals surface area contributed by atoms with Crippen molar-refractivity contribution < 1.29 is 0 Å². The standard InChI is InChI=1S/C9H16N2/c1-4-6-9-10-7-8(3)11(9)5-2/h7H,4-6H2,1-3H3. The zero-order chi connectivity index (χ0) is 8.27. The highest BCUT2D eigenvalue weighted by Gasteiger charge is 2.02. The molecule has 1 rings (SSSR count). The monoisotopic (exact) mass is 152 g/mol. The van der Waals surface area contributed by atoms with Crippen LogP contribution in [-0.4, -0.2) is 9.55 Å². The van der Waals surface area contributed by atoms with E-state index >= 15 is 0 Å². The van der Waals surface area contributed by atoms with E-state index in [4.69, 9.17) is 0 Å². The highest BCUT2D eigenvalue weighted by molar-refractivity contribution is 5.03. The van der Waals surface area contributed by atoms with Crippen molar-refractivity contribution in [2.75, 3.05) is 0 Å². The summed E-state index contributed by atoms with van der Waals surface area (Å²) in [4.78, 5) is 4.34. The summed E-state index contributed by atoms with van der Waals surface area (Å²) in [7, 11) is 0. The number of rotatable bonds is 3. The van der Waals surface area contributed by atoms with Gasteiger partial charge in [-0.15, -0.1) is 0 Å². The number of aryl methyl sites for hydroxylation is 2. The minimum absolute atomic E-state index is 1.04. The Hall–Kier alpha value is -0.790. The molecule has 0 N–H and O–H groups in total. The molecule has 2 nitrogen and oxygen atoms in total. The molecular formula is C9H16N2. The van der Waals surface area contributed by atoms with Gasteiger partial charge in [0.2, 0.25) is 0 Å². The molecule has 62 valence electrons. The van der Waals surface area contributed by atoms with E-state index < -0.39 is 0 Å². The van der Waals surface area contributed by atoms with Crippen LogP contribution in [0.5, 0.6) is 0 Å². The Bertz CT molecular complexity index is 225. The van der Waals surface area contributed by atoms with Gasteiger partial charge in [-0.2, -0.15) is 0 Å². The van der Waals surface area contributed by atoms with Gasteiger partial charge in [-0.1, -0.05) is 6.92 Å². The average Bonchev–Trinajstić information content (AvgIpc) is 2.33. The van der Waals surface area contributed by atoms with Gasteiger partial charge in [0.05, 0.1) is 0 Å². The van der Waals surface area contributed by atoms with Gasteiger partial charge in [0.1, 0.15) is 5.82 Å².